The van der Waals surface area contributed by atoms with E-state index >= 15 is 0 Å². The number of benzene rings is 2. The summed E-state index contributed by atoms with van der Waals surface area (Å²) in [4.78, 5) is 34.8. The zero-order valence-electron chi connectivity index (χ0n) is 24.1. The van der Waals surface area contributed by atoms with Crippen molar-refractivity contribution in [3.63, 3.8) is 0 Å². The molecule has 0 bridgehead atoms. The minimum Gasteiger partial charge on any atom is -0.497 e. The lowest BCUT2D eigenvalue weighted by Gasteiger charge is -2.29. The largest absolute Gasteiger partial charge is 0.497 e. The number of methoxy groups -OCH3 is 1. The van der Waals surface area contributed by atoms with Crippen LogP contribution in [0.1, 0.15) is 30.6 Å². The molecule has 0 atom stereocenters. The molecule has 1 fully saturated rings. The van der Waals surface area contributed by atoms with Crippen LogP contribution in [-0.4, -0.2) is 103 Å². The second-order valence-corrected chi connectivity index (χ2v) is 10.4. The average Bonchev–Trinajstić information content (AvgIpc) is 3.28. The van der Waals surface area contributed by atoms with E-state index < -0.39 is 0 Å². The summed E-state index contributed by atoms with van der Waals surface area (Å²) in [6.45, 7) is 9.80. The molecule has 0 unspecified atom stereocenters. The molecular weight excluding hydrogens is 540 g/mol. The third-order valence-corrected chi connectivity index (χ3v) is 7.75. The van der Waals surface area contributed by atoms with E-state index in [1.54, 1.807) is 36.3 Å². The van der Waals surface area contributed by atoms with E-state index in [1.807, 2.05) is 41.3 Å². The minimum absolute atomic E-state index is 0.0408. The Kier molecular flexibility index (Phi) is 10.9. The number of halogens is 1. The Morgan fingerprint density at radius 2 is 1.61 bits per heavy atom. The van der Waals surface area contributed by atoms with Gasteiger partial charge in [0.15, 0.2) is 5.82 Å². The van der Waals surface area contributed by atoms with E-state index in [2.05, 4.69) is 33.8 Å². The van der Waals surface area contributed by atoms with Crippen LogP contribution in [-0.2, 0) is 4.79 Å². The number of rotatable bonds is 11. The van der Waals surface area contributed by atoms with Crippen LogP contribution < -0.4 is 9.64 Å². The number of anilines is 1. The molecule has 1 aromatic heterocycles. The Morgan fingerprint density at radius 3 is 2.24 bits per heavy atom. The van der Waals surface area contributed by atoms with Crippen LogP contribution in [0, 0.1) is 0 Å². The zero-order valence-corrected chi connectivity index (χ0v) is 24.9. The van der Waals surface area contributed by atoms with Gasteiger partial charge in [0.25, 0.3) is 5.91 Å². The number of hydrogen-bond acceptors (Lipinski definition) is 7. The molecule has 2 amide bonds. The molecule has 9 nitrogen and oxygen atoms in total. The topological polar surface area (TPSA) is 82.1 Å². The molecule has 0 spiro atoms. The number of carbonyl (C=O) groups is 2. The van der Waals surface area contributed by atoms with Crippen molar-refractivity contribution in [1.82, 2.24) is 24.9 Å². The highest BCUT2D eigenvalue weighted by Crippen LogP contribution is 2.22. The molecule has 1 aliphatic rings. The number of hydrogen-bond donors (Lipinski definition) is 0. The first-order chi connectivity index (χ1) is 19.9. The van der Waals surface area contributed by atoms with E-state index in [0.717, 1.165) is 48.9 Å². The van der Waals surface area contributed by atoms with Crippen LogP contribution in [0.25, 0.3) is 11.3 Å². The van der Waals surface area contributed by atoms with Crippen LogP contribution >= 0.6 is 11.6 Å². The van der Waals surface area contributed by atoms with E-state index in [4.69, 9.17) is 16.3 Å². The van der Waals surface area contributed by atoms with Gasteiger partial charge in [0, 0.05) is 55.4 Å². The Morgan fingerprint density at radius 1 is 0.878 bits per heavy atom. The van der Waals surface area contributed by atoms with Gasteiger partial charge in [-0.3, -0.25) is 9.59 Å². The Balaban J connectivity index is 1.38. The molecule has 10 heteroatoms. The van der Waals surface area contributed by atoms with Gasteiger partial charge in [-0.15, -0.1) is 10.2 Å². The second-order valence-electron chi connectivity index (χ2n) is 9.99. The quantitative estimate of drug-likeness (QED) is 0.335. The van der Waals surface area contributed by atoms with Crippen LogP contribution in [0.2, 0.25) is 5.02 Å². The van der Waals surface area contributed by atoms with Crippen molar-refractivity contribution in [1.29, 1.82) is 0 Å². The Hall–Kier alpha value is -3.69. The smallest absolute Gasteiger partial charge is 0.254 e. The molecule has 1 saturated heterocycles. The number of aromatic nitrogens is 2. The molecule has 0 saturated carbocycles. The molecule has 0 radical (unpaired) electrons. The van der Waals surface area contributed by atoms with E-state index in [-0.39, 0.29) is 18.4 Å². The van der Waals surface area contributed by atoms with Crippen molar-refractivity contribution < 1.29 is 14.3 Å². The van der Waals surface area contributed by atoms with E-state index in [1.165, 1.54) is 0 Å². The van der Waals surface area contributed by atoms with Crippen molar-refractivity contribution >= 4 is 29.2 Å². The van der Waals surface area contributed by atoms with Gasteiger partial charge in [0.2, 0.25) is 5.91 Å². The summed E-state index contributed by atoms with van der Waals surface area (Å²) >= 11 is 6.03. The van der Waals surface area contributed by atoms with Crippen molar-refractivity contribution in [2.45, 2.75) is 20.3 Å². The van der Waals surface area contributed by atoms with Crippen LogP contribution in [0.15, 0.2) is 60.7 Å². The molecule has 1 aliphatic heterocycles. The van der Waals surface area contributed by atoms with E-state index in [9.17, 15) is 9.59 Å². The molecule has 0 aliphatic carbocycles. The lowest BCUT2D eigenvalue weighted by atomic mass is 10.1. The lowest BCUT2D eigenvalue weighted by molar-refractivity contribution is -0.131. The highest BCUT2D eigenvalue weighted by molar-refractivity contribution is 6.30. The maximum Gasteiger partial charge on any atom is 0.254 e. The summed E-state index contributed by atoms with van der Waals surface area (Å²) in [6, 6.07) is 18.5. The van der Waals surface area contributed by atoms with Crippen LogP contribution in [0.4, 0.5) is 5.82 Å². The number of nitrogens with zero attached hydrogens (tertiary/aromatic N) is 6. The number of carbonyl (C=O) groups excluding carboxylic acids is 2. The summed E-state index contributed by atoms with van der Waals surface area (Å²) in [5, 5.41) is 9.48. The average molecular weight is 579 g/mol. The molecule has 2 aromatic carbocycles. The third-order valence-electron chi connectivity index (χ3n) is 7.49. The van der Waals surface area contributed by atoms with Gasteiger partial charge >= 0.3 is 0 Å². The maximum absolute atomic E-state index is 13.5. The molecular formula is C31H39ClN6O3. The molecule has 3 aromatic rings. The normalized spacial score (nSPS) is 13.7. The van der Waals surface area contributed by atoms with Gasteiger partial charge in [-0.2, -0.15) is 0 Å². The van der Waals surface area contributed by atoms with Crippen molar-refractivity contribution in [3.8, 4) is 17.0 Å². The summed E-state index contributed by atoms with van der Waals surface area (Å²) in [6.07, 6.45) is 0.804. The second kappa shape index (κ2) is 14.8. The number of likely N-dealkylation sites (N-methyl/N-ethyl adjacent to an activating group) is 1. The number of amides is 2. The molecule has 2 heterocycles. The standard InChI is InChI=1S/C31H39ClN6O3/c1-4-35(5-2)19-20-38(31(40)25-7-11-26(32)12-8-25)23-30(39)37-18-6-17-36(21-22-37)29-16-15-28(33-34-29)24-9-13-27(41-3)14-10-24/h7-16H,4-6,17-23H2,1-3H3. The fraction of sp³-hybridized carbons (Fsp3) is 0.419. The first kappa shape index (κ1) is 30.3. The first-order valence-corrected chi connectivity index (χ1v) is 14.6. The summed E-state index contributed by atoms with van der Waals surface area (Å²) in [5.74, 6) is 1.37. The Labute approximate surface area is 247 Å². The molecule has 0 N–H and O–H groups in total. The fourth-order valence-electron chi connectivity index (χ4n) is 4.90. The van der Waals surface area contributed by atoms with Gasteiger partial charge in [0.1, 0.15) is 12.3 Å². The van der Waals surface area contributed by atoms with Crippen molar-refractivity contribution in [3.05, 3.63) is 71.2 Å². The molecule has 218 valence electrons. The molecule has 41 heavy (non-hydrogen) atoms. The predicted octanol–water partition coefficient (Wildman–Crippen LogP) is 4.33. The SMILES string of the molecule is CCN(CC)CCN(CC(=O)N1CCCN(c2ccc(-c3ccc(OC)cc3)nn2)CC1)C(=O)c1ccc(Cl)cc1. The van der Waals surface area contributed by atoms with Crippen molar-refractivity contribution in [2.24, 2.45) is 0 Å². The van der Waals surface area contributed by atoms with Crippen LogP contribution in [0.5, 0.6) is 5.75 Å². The first-order valence-electron chi connectivity index (χ1n) is 14.2. The van der Waals surface area contributed by atoms with Gasteiger partial charge in [-0.1, -0.05) is 25.4 Å². The van der Waals surface area contributed by atoms with Gasteiger partial charge in [-0.05, 0) is 80.2 Å². The maximum atomic E-state index is 13.5. The van der Waals surface area contributed by atoms with E-state index in [0.29, 0.717) is 43.3 Å². The monoisotopic (exact) mass is 578 g/mol. The highest BCUT2D eigenvalue weighted by atomic mass is 35.5. The Bertz CT molecular complexity index is 1270. The summed E-state index contributed by atoms with van der Waals surface area (Å²) in [7, 11) is 1.64. The third kappa shape index (κ3) is 8.17. The van der Waals surface area contributed by atoms with Crippen molar-refractivity contribution in [2.75, 3.05) is 70.9 Å². The summed E-state index contributed by atoms with van der Waals surface area (Å²) in [5.41, 5.74) is 2.29. The van der Waals surface area contributed by atoms with Gasteiger partial charge in [0.05, 0.1) is 12.8 Å². The predicted molar refractivity (Wildman–Crippen MR) is 163 cm³/mol. The summed E-state index contributed by atoms with van der Waals surface area (Å²) < 4.78 is 5.23. The zero-order chi connectivity index (χ0) is 29.2. The molecule has 4 rings (SSSR count). The van der Waals surface area contributed by atoms with Gasteiger partial charge < -0.3 is 24.3 Å². The van der Waals surface area contributed by atoms with Gasteiger partial charge in [-0.25, -0.2) is 0 Å². The van der Waals surface area contributed by atoms with Crippen LogP contribution in [0.3, 0.4) is 0 Å². The fourth-order valence-corrected chi connectivity index (χ4v) is 5.02. The minimum atomic E-state index is -0.161. The highest BCUT2D eigenvalue weighted by Gasteiger charge is 2.25. The number of ether oxygens (including phenoxy) is 1. The lowest BCUT2D eigenvalue weighted by Crippen LogP contribution is -2.46.